The number of methoxy groups -OCH3 is 1. The van der Waals surface area contributed by atoms with Crippen LogP contribution in [0.2, 0.25) is 5.02 Å². The fourth-order valence-corrected chi connectivity index (χ4v) is 5.74. The van der Waals surface area contributed by atoms with Gasteiger partial charge in [-0.2, -0.15) is 0 Å². The van der Waals surface area contributed by atoms with E-state index in [0.29, 0.717) is 17.9 Å². The summed E-state index contributed by atoms with van der Waals surface area (Å²) in [6.07, 6.45) is 0.276. The monoisotopic (exact) mass is 575 g/mol. The molecule has 3 aromatic rings. The first-order valence-corrected chi connectivity index (χ1v) is 14.2. The molecule has 8 nitrogen and oxygen atoms in total. The van der Waals surface area contributed by atoms with Crippen LogP contribution in [0.25, 0.3) is 0 Å². The van der Waals surface area contributed by atoms with Crippen LogP contribution in [0, 0.1) is 5.82 Å². The van der Waals surface area contributed by atoms with E-state index >= 15 is 0 Å². The van der Waals surface area contributed by atoms with Gasteiger partial charge in [0.05, 0.1) is 22.7 Å². The van der Waals surface area contributed by atoms with Crippen molar-refractivity contribution in [3.05, 3.63) is 89.2 Å². The molecule has 0 fully saturated rings. The predicted octanol–water partition coefficient (Wildman–Crippen LogP) is 4.63. The van der Waals surface area contributed by atoms with E-state index in [1.54, 1.807) is 32.0 Å². The van der Waals surface area contributed by atoms with Gasteiger partial charge in [-0.15, -0.1) is 0 Å². The van der Waals surface area contributed by atoms with Crippen LogP contribution in [0.4, 0.5) is 10.1 Å². The summed E-state index contributed by atoms with van der Waals surface area (Å²) in [4.78, 5) is 28.1. The third kappa shape index (κ3) is 7.27. The van der Waals surface area contributed by atoms with Crippen molar-refractivity contribution in [1.82, 2.24) is 10.2 Å². The number of carbonyl (C=O) groups excluding carboxylic acids is 2. The molecule has 0 aliphatic carbocycles. The molecule has 0 saturated carbocycles. The fraction of sp³-hybridized carbons (Fsp3) is 0.286. The number of benzene rings is 3. The average molecular weight is 576 g/mol. The highest BCUT2D eigenvalue weighted by molar-refractivity contribution is 7.92. The highest BCUT2D eigenvalue weighted by atomic mass is 35.5. The van der Waals surface area contributed by atoms with E-state index in [-0.39, 0.29) is 34.5 Å². The zero-order valence-electron chi connectivity index (χ0n) is 21.9. The maximum Gasteiger partial charge on any atom is 0.264 e. The van der Waals surface area contributed by atoms with Gasteiger partial charge in [-0.05, 0) is 61.4 Å². The Morgan fingerprint density at radius 3 is 2.26 bits per heavy atom. The van der Waals surface area contributed by atoms with Gasteiger partial charge >= 0.3 is 0 Å². The van der Waals surface area contributed by atoms with Gasteiger partial charge in [0.15, 0.2) is 0 Å². The van der Waals surface area contributed by atoms with Crippen LogP contribution >= 0.6 is 11.6 Å². The summed E-state index contributed by atoms with van der Waals surface area (Å²) in [7, 11) is -2.79. The Balaban J connectivity index is 2.07. The first-order valence-electron chi connectivity index (χ1n) is 12.3. The second-order valence-corrected chi connectivity index (χ2v) is 10.9. The van der Waals surface area contributed by atoms with Gasteiger partial charge in [0.2, 0.25) is 11.8 Å². The predicted molar refractivity (Wildman–Crippen MR) is 149 cm³/mol. The second kappa shape index (κ2) is 13.4. The molecular formula is C28H31ClFN3O5S. The third-order valence-corrected chi connectivity index (χ3v) is 8.12. The lowest BCUT2D eigenvalue weighted by atomic mass is 10.1. The van der Waals surface area contributed by atoms with E-state index in [1.807, 2.05) is 0 Å². The number of rotatable bonds is 12. The summed E-state index contributed by atoms with van der Waals surface area (Å²) >= 11 is 6.31. The number of ether oxygens (including phenoxy) is 1. The second-order valence-electron chi connectivity index (χ2n) is 8.61. The SMILES string of the molecule is CCNC(=O)C(CC)N(Cc1ccc(F)cc1)C(=O)CN(c1ccc(OC)c(Cl)c1)S(=O)(=O)c1ccccc1. The van der Waals surface area contributed by atoms with E-state index in [9.17, 15) is 22.4 Å². The van der Waals surface area contributed by atoms with E-state index in [1.165, 1.54) is 66.6 Å². The summed E-state index contributed by atoms with van der Waals surface area (Å²) in [5, 5.41) is 2.89. The Morgan fingerprint density at radius 2 is 1.69 bits per heavy atom. The van der Waals surface area contributed by atoms with Crippen molar-refractivity contribution in [2.75, 3.05) is 24.5 Å². The average Bonchev–Trinajstić information content (AvgIpc) is 2.93. The number of hydrogen-bond acceptors (Lipinski definition) is 5. The summed E-state index contributed by atoms with van der Waals surface area (Å²) in [6, 6.07) is 16.8. The molecule has 0 saturated heterocycles. The molecule has 0 radical (unpaired) electrons. The van der Waals surface area contributed by atoms with Crippen LogP contribution in [0.15, 0.2) is 77.7 Å². The van der Waals surface area contributed by atoms with Crippen molar-refractivity contribution in [3.8, 4) is 5.75 Å². The number of nitrogens with zero attached hydrogens (tertiary/aromatic N) is 2. The summed E-state index contributed by atoms with van der Waals surface area (Å²) < 4.78 is 47.3. The van der Waals surface area contributed by atoms with Crippen LogP contribution < -0.4 is 14.4 Å². The van der Waals surface area contributed by atoms with Gasteiger partial charge < -0.3 is 15.0 Å². The summed E-state index contributed by atoms with van der Waals surface area (Å²) in [5.41, 5.74) is 0.725. The number of halogens is 2. The van der Waals surface area contributed by atoms with Crippen LogP contribution in [-0.2, 0) is 26.2 Å². The standard InChI is InChI=1S/C28H31ClFN3O5S/c1-4-25(28(35)31-5-2)32(18-20-11-13-21(30)14-12-20)27(34)19-33(22-15-16-26(38-3)24(29)17-22)39(36,37)23-9-7-6-8-10-23/h6-17,25H,4-5,18-19H2,1-3H3,(H,31,35). The maximum atomic E-state index is 13.9. The molecule has 3 rings (SSSR count). The maximum absolute atomic E-state index is 13.9. The molecule has 1 atom stereocenters. The van der Waals surface area contributed by atoms with Crippen molar-refractivity contribution < 1.29 is 27.1 Å². The van der Waals surface area contributed by atoms with Crippen molar-refractivity contribution in [2.45, 2.75) is 37.8 Å². The van der Waals surface area contributed by atoms with E-state index < -0.39 is 34.3 Å². The van der Waals surface area contributed by atoms with Gasteiger partial charge in [-0.25, -0.2) is 12.8 Å². The summed E-state index contributed by atoms with van der Waals surface area (Å²) in [6.45, 7) is 3.23. The molecule has 0 aliphatic rings. The molecule has 1 N–H and O–H groups in total. The van der Waals surface area contributed by atoms with Crippen LogP contribution in [0.1, 0.15) is 25.8 Å². The smallest absolute Gasteiger partial charge is 0.264 e. The van der Waals surface area contributed by atoms with Crippen LogP contribution in [0.5, 0.6) is 5.75 Å². The number of likely N-dealkylation sites (N-methyl/N-ethyl adjacent to an activating group) is 1. The Labute approximate surface area is 233 Å². The number of anilines is 1. The lowest BCUT2D eigenvalue weighted by Gasteiger charge is -2.33. The first-order chi connectivity index (χ1) is 18.6. The molecular weight excluding hydrogens is 545 g/mol. The largest absolute Gasteiger partial charge is 0.495 e. The van der Waals surface area contributed by atoms with E-state index in [4.69, 9.17) is 16.3 Å². The van der Waals surface area contributed by atoms with Gasteiger partial charge in [0.25, 0.3) is 10.0 Å². The summed E-state index contributed by atoms with van der Waals surface area (Å²) in [5.74, 6) is -1.10. The Kier molecular flexibility index (Phi) is 10.3. The molecule has 2 amide bonds. The zero-order valence-corrected chi connectivity index (χ0v) is 23.5. The van der Waals surface area contributed by atoms with Crippen molar-refractivity contribution in [3.63, 3.8) is 0 Å². The molecule has 3 aromatic carbocycles. The van der Waals surface area contributed by atoms with Crippen molar-refractivity contribution in [1.29, 1.82) is 0 Å². The minimum atomic E-state index is -4.22. The molecule has 0 bridgehead atoms. The lowest BCUT2D eigenvalue weighted by molar-refractivity contribution is -0.140. The van der Waals surface area contributed by atoms with E-state index in [0.717, 1.165) is 4.31 Å². The number of amides is 2. The Morgan fingerprint density at radius 1 is 1.03 bits per heavy atom. The molecule has 208 valence electrons. The molecule has 0 spiro atoms. The normalized spacial score (nSPS) is 11.9. The van der Waals surface area contributed by atoms with Crippen LogP contribution in [0.3, 0.4) is 0 Å². The highest BCUT2D eigenvalue weighted by Gasteiger charge is 2.33. The Hall–Kier alpha value is -3.63. The minimum absolute atomic E-state index is 0.0226. The van der Waals surface area contributed by atoms with Crippen LogP contribution in [-0.4, -0.2) is 51.4 Å². The molecule has 0 aromatic heterocycles. The highest BCUT2D eigenvalue weighted by Crippen LogP contribution is 2.32. The quantitative estimate of drug-likeness (QED) is 0.340. The minimum Gasteiger partial charge on any atom is -0.495 e. The number of nitrogens with one attached hydrogen (secondary N) is 1. The fourth-order valence-electron chi connectivity index (χ4n) is 4.06. The molecule has 0 heterocycles. The van der Waals surface area contributed by atoms with Gasteiger partial charge in [0.1, 0.15) is 24.2 Å². The van der Waals surface area contributed by atoms with Gasteiger partial charge in [-0.3, -0.25) is 13.9 Å². The Bertz CT molecular complexity index is 1390. The van der Waals surface area contributed by atoms with Gasteiger partial charge in [0, 0.05) is 13.1 Å². The molecule has 39 heavy (non-hydrogen) atoms. The number of carbonyl (C=O) groups is 2. The zero-order chi connectivity index (χ0) is 28.6. The molecule has 1 unspecified atom stereocenters. The molecule has 11 heteroatoms. The number of hydrogen-bond donors (Lipinski definition) is 1. The number of sulfonamides is 1. The topological polar surface area (TPSA) is 96.0 Å². The van der Waals surface area contributed by atoms with Gasteiger partial charge in [-0.1, -0.05) is 48.9 Å². The van der Waals surface area contributed by atoms with Crippen molar-refractivity contribution in [2.24, 2.45) is 0 Å². The first kappa shape index (κ1) is 29.9. The van der Waals surface area contributed by atoms with E-state index in [2.05, 4.69) is 5.32 Å². The third-order valence-electron chi connectivity index (χ3n) is 6.04. The molecule has 0 aliphatic heterocycles. The van der Waals surface area contributed by atoms with Crippen molar-refractivity contribution >= 4 is 39.1 Å². The lowest BCUT2D eigenvalue weighted by Crippen LogP contribution is -2.52.